The maximum absolute atomic E-state index is 12.8. The number of nitrogens with one attached hydrogen (secondary N) is 1. The van der Waals surface area contributed by atoms with E-state index in [1.54, 1.807) is 4.90 Å². The number of likely N-dealkylation sites (tertiary alicyclic amines) is 1. The third-order valence-electron chi connectivity index (χ3n) is 8.29. The number of aromatic hydroxyl groups is 1. The van der Waals surface area contributed by atoms with Crippen LogP contribution in [0.15, 0.2) is 54.7 Å². The number of hydrogen-bond donors (Lipinski definition) is 3. The molecule has 8 rings (SSSR count). The Morgan fingerprint density at radius 2 is 1.54 bits per heavy atom. The molecule has 5 heterocycles. The topological polar surface area (TPSA) is 95.7 Å². The molecule has 2 atom stereocenters. The highest BCUT2D eigenvalue weighted by atomic mass is 16.6. The number of nitrogens with zero attached hydrogens (tertiary/aromatic N) is 3. The lowest BCUT2D eigenvalue weighted by Crippen LogP contribution is -2.32. The Balaban J connectivity index is 1.38. The van der Waals surface area contributed by atoms with Gasteiger partial charge in [-0.25, -0.2) is 4.79 Å². The first kappa shape index (κ1) is 21.0. The van der Waals surface area contributed by atoms with Crippen LogP contribution in [0, 0.1) is 5.92 Å². The van der Waals surface area contributed by atoms with Gasteiger partial charge in [0.25, 0.3) is 0 Å². The fourth-order valence-electron chi connectivity index (χ4n) is 6.73. The molecule has 3 aromatic carbocycles. The van der Waals surface area contributed by atoms with Crippen LogP contribution in [0.2, 0.25) is 0 Å². The summed E-state index contributed by atoms with van der Waals surface area (Å²) in [5.74, 6) is 0.218. The highest BCUT2D eigenvalue weighted by Crippen LogP contribution is 2.48. The second kappa shape index (κ2) is 7.43. The largest absolute Gasteiger partial charge is 0.494 e. The average molecular weight is 495 g/mol. The molecule has 0 bridgehead atoms. The van der Waals surface area contributed by atoms with Crippen molar-refractivity contribution in [3.8, 4) is 5.88 Å². The highest BCUT2D eigenvalue weighted by Gasteiger charge is 2.31. The zero-order valence-corrected chi connectivity index (χ0v) is 20.1. The molecule has 8 heteroatoms. The maximum atomic E-state index is 12.8. The summed E-state index contributed by atoms with van der Waals surface area (Å²) >= 11 is 0. The molecule has 3 aromatic heterocycles. The van der Waals surface area contributed by atoms with Crippen molar-refractivity contribution in [3.63, 3.8) is 0 Å². The number of carbonyl (C=O) groups is 1. The van der Waals surface area contributed by atoms with Crippen LogP contribution >= 0.6 is 0 Å². The maximum Gasteiger partial charge on any atom is 0.409 e. The second-order valence-corrected chi connectivity index (χ2v) is 10.5. The number of ether oxygens (including phenoxy) is 1. The Kier molecular flexibility index (Phi) is 4.21. The number of para-hydroxylation sites is 2. The van der Waals surface area contributed by atoms with E-state index < -0.39 is 6.10 Å². The van der Waals surface area contributed by atoms with Gasteiger partial charge in [-0.05, 0) is 18.6 Å². The summed E-state index contributed by atoms with van der Waals surface area (Å²) in [6.45, 7) is 2.52. The van der Waals surface area contributed by atoms with E-state index in [0.29, 0.717) is 32.6 Å². The predicted octanol–water partition coefficient (Wildman–Crippen LogP) is 4.92. The first-order chi connectivity index (χ1) is 18.1. The Bertz CT molecular complexity index is 1890. The molecule has 0 aliphatic carbocycles. The van der Waals surface area contributed by atoms with Gasteiger partial charge in [-0.1, -0.05) is 36.4 Å². The Morgan fingerprint density at radius 3 is 2.22 bits per heavy atom. The first-order valence-corrected chi connectivity index (χ1v) is 12.8. The molecular weight excluding hydrogens is 468 g/mol. The molecule has 37 heavy (non-hydrogen) atoms. The van der Waals surface area contributed by atoms with E-state index in [-0.39, 0.29) is 24.5 Å². The van der Waals surface area contributed by atoms with E-state index in [9.17, 15) is 15.0 Å². The minimum atomic E-state index is -0.472. The number of carbonyl (C=O) groups excluding carboxylic acids is 1. The van der Waals surface area contributed by atoms with Crippen LogP contribution in [0.25, 0.3) is 54.4 Å². The number of amides is 1. The molecule has 2 aliphatic heterocycles. The minimum absolute atomic E-state index is 0.0383. The molecule has 186 valence electrons. The number of benzene rings is 3. The van der Waals surface area contributed by atoms with Gasteiger partial charge >= 0.3 is 6.09 Å². The van der Waals surface area contributed by atoms with Crippen molar-refractivity contribution in [1.29, 1.82) is 0 Å². The Morgan fingerprint density at radius 1 is 0.892 bits per heavy atom. The van der Waals surface area contributed by atoms with Crippen LogP contribution in [-0.4, -0.2) is 61.1 Å². The van der Waals surface area contributed by atoms with Crippen molar-refractivity contribution in [2.24, 2.45) is 5.92 Å². The number of hydrogen-bond acceptors (Lipinski definition) is 4. The van der Waals surface area contributed by atoms with E-state index >= 15 is 0 Å². The average Bonchev–Trinajstić information content (AvgIpc) is 3.64. The van der Waals surface area contributed by atoms with Gasteiger partial charge in [0.05, 0.1) is 29.1 Å². The molecule has 1 unspecified atom stereocenters. The summed E-state index contributed by atoms with van der Waals surface area (Å²) in [5.41, 5.74) is 4.48. The predicted molar refractivity (Wildman–Crippen MR) is 143 cm³/mol. The monoisotopic (exact) mass is 494 g/mol. The molecule has 0 spiro atoms. The third-order valence-corrected chi connectivity index (χ3v) is 8.29. The standard InChI is InChI=1S/C29H26N4O4/c34-17-9-10-31(14-17)29(36)37-15-16-12-32-21-7-3-1-5-18(21)23-20-11-30-28(35)25(20)24-19-6-2-4-8-22(19)33(13-16)27(24)26(23)32/h1-8,11,16-17,30,34-35H,9-10,12-15H2/t16?,17-/m1/s1. The van der Waals surface area contributed by atoms with Crippen molar-refractivity contribution in [3.05, 3.63) is 54.7 Å². The lowest BCUT2D eigenvalue weighted by molar-refractivity contribution is 0.0836. The SMILES string of the molecule is O=C(OCC1Cn2c3ccccc3c3c4c[nH]c(O)c4c4c5ccccc5n(c4c32)C1)N1CC[C@@H](O)C1. The van der Waals surface area contributed by atoms with Crippen LogP contribution in [0.4, 0.5) is 4.79 Å². The van der Waals surface area contributed by atoms with Gasteiger partial charge in [-0.3, -0.25) is 0 Å². The van der Waals surface area contributed by atoms with Crippen LogP contribution < -0.4 is 0 Å². The molecule has 2 aliphatic rings. The zero-order valence-electron chi connectivity index (χ0n) is 20.1. The van der Waals surface area contributed by atoms with Crippen molar-refractivity contribution >= 4 is 60.5 Å². The summed E-state index contributed by atoms with van der Waals surface area (Å²) in [5, 5.41) is 27.1. The minimum Gasteiger partial charge on any atom is -0.494 e. The number of rotatable bonds is 2. The molecule has 0 radical (unpaired) electrons. The van der Waals surface area contributed by atoms with Crippen molar-refractivity contribution < 1.29 is 19.7 Å². The summed E-state index contributed by atoms with van der Waals surface area (Å²) in [7, 11) is 0. The molecule has 8 nitrogen and oxygen atoms in total. The van der Waals surface area contributed by atoms with Gasteiger partial charge in [0, 0.05) is 76.3 Å². The molecule has 3 N–H and O–H groups in total. The van der Waals surface area contributed by atoms with Gasteiger partial charge in [0.1, 0.15) is 0 Å². The Hall–Kier alpha value is -4.17. The zero-order chi connectivity index (χ0) is 24.8. The van der Waals surface area contributed by atoms with E-state index in [2.05, 4.69) is 50.5 Å². The molecule has 1 saturated heterocycles. The van der Waals surface area contributed by atoms with Crippen LogP contribution in [-0.2, 0) is 17.8 Å². The molecular formula is C29H26N4O4. The fraction of sp³-hybridized carbons (Fsp3) is 0.276. The van der Waals surface area contributed by atoms with E-state index in [1.165, 1.54) is 0 Å². The lowest BCUT2D eigenvalue weighted by atomic mass is 10.0. The number of H-pyrrole nitrogens is 1. The normalized spacial score (nSPS) is 19.8. The first-order valence-electron chi connectivity index (χ1n) is 12.8. The lowest BCUT2D eigenvalue weighted by Gasteiger charge is -2.21. The number of aliphatic hydroxyl groups excluding tert-OH is 1. The van der Waals surface area contributed by atoms with Gasteiger partial charge in [0.2, 0.25) is 0 Å². The number of aromatic nitrogens is 3. The van der Waals surface area contributed by atoms with Crippen LogP contribution in [0.1, 0.15) is 6.42 Å². The summed E-state index contributed by atoms with van der Waals surface area (Å²) in [6, 6.07) is 16.7. The summed E-state index contributed by atoms with van der Waals surface area (Å²) in [4.78, 5) is 17.4. The van der Waals surface area contributed by atoms with E-state index in [1.807, 2.05) is 18.3 Å². The van der Waals surface area contributed by atoms with Crippen LogP contribution in [0.5, 0.6) is 5.88 Å². The van der Waals surface area contributed by atoms with Crippen molar-refractivity contribution in [2.75, 3.05) is 19.7 Å². The van der Waals surface area contributed by atoms with Crippen LogP contribution in [0.3, 0.4) is 0 Å². The van der Waals surface area contributed by atoms with Crippen molar-refractivity contribution in [2.45, 2.75) is 25.6 Å². The summed E-state index contributed by atoms with van der Waals surface area (Å²) in [6.07, 6.45) is 1.68. The number of β-amino-alcohol motifs (C(OH)–C–C–N with tert-alkyl or cyclic N) is 1. The van der Waals surface area contributed by atoms with Crippen molar-refractivity contribution in [1.82, 2.24) is 19.0 Å². The smallest absolute Gasteiger partial charge is 0.409 e. The van der Waals surface area contributed by atoms with E-state index in [0.717, 1.165) is 54.4 Å². The fourth-order valence-corrected chi connectivity index (χ4v) is 6.73. The quantitative estimate of drug-likeness (QED) is 0.318. The Labute approximate surface area is 211 Å². The van der Waals surface area contributed by atoms with Gasteiger partial charge in [-0.15, -0.1) is 0 Å². The molecule has 1 fully saturated rings. The number of aliphatic hydroxyl groups is 1. The van der Waals surface area contributed by atoms with Gasteiger partial charge < -0.3 is 34.0 Å². The summed E-state index contributed by atoms with van der Waals surface area (Å²) < 4.78 is 10.5. The second-order valence-electron chi connectivity index (χ2n) is 10.5. The third kappa shape index (κ3) is 2.79. The van der Waals surface area contributed by atoms with Gasteiger partial charge in [-0.2, -0.15) is 0 Å². The molecule has 1 amide bonds. The number of fused-ring (bicyclic) bond motifs is 9. The van der Waals surface area contributed by atoms with Gasteiger partial charge in [0.15, 0.2) is 5.88 Å². The highest BCUT2D eigenvalue weighted by molar-refractivity contribution is 6.36. The van der Waals surface area contributed by atoms with E-state index in [4.69, 9.17) is 4.74 Å². The molecule has 0 saturated carbocycles. The number of aromatic amines is 1. The molecule has 6 aromatic rings.